The smallest absolute Gasteiger partial charge is 0.387 e. The van der Waals surface area contributed by atoms with E-state index in [2.05, 4.69) is 22.0 Å². The van der Waals surface area contributed by atoms with E-state index in [4.69, 9.17) is 4.74 Å². The van der Waals surface area contributed by atoms with E-state index in [0.29, 0.717) is 15.6 Å². The number of alkyl halides is 2. The van der Waals surface area contributed by atoms with Crippen molar-refractivity contribution >= 4 is 28.9 Å². The molecule has 6 nitrogen and oxygen atoms in total. The minimum absolute atomic E-state index is 0.0515. The second kappa shape index (κ2) is 10.1. The minimum atomic E-state index is -3.03. The molecule has 162 valence electrons. The predicted octanol–water partition coefficient (Wildman–Crippen LogP) is 5.08. The number of aryl methyl sites for hydroxylation is 2. The van der Waals surface area contributed by atoms with E-state index in [1.165, 1.54) is 35.1 Å². The van der Waals surface area contributed by atoms with Crippen molar-refractivity contribution in [2.24, 2.45) is 0 Å². The third kappa shape index (κ3) is 5.85. The van der Waals surface area contributed by atoms with Crippen molar-refractivity contribution in [1.29, 1.82) is 0 Å². The van der Waals surface area contributed by atoms with Crippen LogP contribution >= 0.6 is 11.3 Å². The lowest BCUT2D eigenvalue weighted by Crippen LogP contribution is -2.21. The number of nitrogens with one attached hydrogen (secondary N) is 1. The number of aromatic nitrogens is 1. The van der Waals surface area contributed by atoms with Crippen LogP contribution < -0.4 is 10.1 Å². The lowest BCUT2D eigenvalue weighted by atomic mass is 10.1. The number of para-hydroxylation sites is 2. The van der Waals surface area contributed by atoms with Gasteiger partial charge >= 0.3 is 12.6 Å². The molecule has 2 aromatic carbocycles. The quantitative estimate of drug-likeness (QED) is 0.489. The van der Waals surface area contributed by atoms with E-state index in [1.807, 2.05) is 24.3 Å². The maximum absolute atomic E-state index is 12.5. The van der Waals surface area contributed by atoms with Crippen LogP contribution in [0.5, 0.6) is 5.75 Å². The normalized spacial score (nSPS) is 10.7. The van der Waals surface area contributed by atoms with Gasteiger partial charge in [0.1, 0.15) is 15.6 Å². The Labute approximate surface area is 181 Å². The summed E-state index contributed by atoms with van der Waals surface area (Å²) in [5.74, 6) is -1.55. The molecule has 0 aliphatic heterocycles. The number of thiazole rings is 1. The van der Waals surface area contributed by atoms with Gasteiger partial charge in [0.15, 0.2) is 6.61 Å². The Balaban J connectivity index is 1.62. The van der Waals surface area contributed by atoms with Crippen LogP contribution in [0, 0.1) is 6.92 Å². The molecule has 9 heteroatoms. The van der Waals surface area contributed by atoms with Gasteiger partial charge in [0.05, 0.1) is 11.4 Å². The molecule has 1 heterocycles. The van der Waals surface area contributed by atoms with Crippen molar-refractivity contribution in [3.8, 4) is 16.3 Å². The maximum atomic E-state index is 12.5. The van der Waals surface area contributed by atoms with Gasteiger partial charge in [-0.2, -0.15) is 8.78 Å². The highest BCUT2D eigenvalue weighted by molar-refractivity contribution is 7.17. The number of esters is 1. The predicted molar refractivity (Wildman–Crippen MR) is 114 cm³/mol. The Bertz CT molecular complexity index is 1070. The Kier molecular flexibility index (Phi) is 7.30. The van der Waals surface area contributed by atoms with Crippen molar-refractivity contribution in [1.82, 2.24) is 4.98 Å². The SMILES string of the molecule is CCc1ccc(-c2nc(C)c(C(=O)OCC(=O)Nc3ccccc3OC(F)F)s2)cc1. The first kappa shape index (κ1) is 22.4. The maximum Gasteiger partial charge on any atom is 0.387 e. The van der Waals surface area contributed by atoms with Crippen LogP contribution in [0.2, 0.25) is 0 Å². The number of halogens is 2. The molecule has 3 rings (SSSR count). The lowest BCUT2D eigenvalue weighted by Gasteiger charge is -2.11. The van der Waals surface area contributed by atoms with Crippen LogP contribution in [0.1, 0.15) is 27.9 Å². The second-order valence-electron chi connectivity index (χ2n) is 6.48. The highest BCUT2D eigenvalue weighted by atomic mass is 32.1. The Morgan fingerprint density at radius 1 is 1.13 bits per heavy atom. The van der Waals surface area contributed by atoms with E-state index >= 15 is 0 Å². The summed E-state index contributed by atoms with van der Waals surface area (Å²) >= 11 is 1.18. The average molecular weight is 446 g/mol. The molecule has 1 amide bonds. The summed E-state index contributed by atoms with van der Waals surface area (Å²) in [6.45, 7) is 0.143. The highest BCUT2D eigenvalue weighted by Crippen LogP contribution is 2.29. The average Bonchev–Trinajstić information content (AvgIpc) is 3.15. The number of carbonyl (C=O) groups is 2. The monoisotopic (exact) mass is 446 g/mol. The molecule has 0 saturated heterocycles. The molecule has 0 aliphatic rings. The van der Waals surface area contributed by atoms with E-state index in [9.17, 15) is 18.4 Å². The van der Waals surface area contributed by atoms with Crippen molar-refractivity contribution < 1.29 is 27.8 Å². The van der Waals surface area contributed by atoms with E-state index in [0.717, 1.165) is 12.0 Å². The first-order chi connectivity index (χ1) is 14.9. The Morgan fingerprint density at radius 3 is 2.52 bits per heavy atom. The summed E-state index contributed by atoms with van der Waals surface area (Å²) < 4.78 is 34.4. The number of anilines is 1. The van der Waals surface area contributed by atoms with E-state index in [-0.39, 0.29) is 11.4 Å². The van der Waals surface area contributed by atoms with Gasteiger partial charge < -0.3 is 14.8 Å². The van der Waals surface area contributed by atoms with Gasteiger partial charge in [0.2, 0.25) is 0 Å². The van der Waals surface area contributed by atoms with Crippen molar-refractivity contribution in [3.63, 3.8) is 0 Å². The van der Waals surface area contributed by atoms with Crippen LogP contribution in [-0.4, -0.2) is 30.1 Å². The number of benzene rings is 2. The topological polar surface area (TPSA) is 77.5 Å². The molecule has 0 saturated carbocycles. The molecule has 0 fully saturated rings. The van der Waals surface area contributed by atoms with Gasteiger partial charge in [-0.1, -0.05) is 43.3 Å². The van der Waals surface area contributed by atoms with Gasteiger partial charge in [-0.05, 0) is 31.0 Å². The van der Waals surface area contributed by atoms with Gasteiger partial charge in [-0.15, -0.1) is 11.3 Å². The van der Waals surface area contributed by atoms with Crippen LogP contribution in [0.25, 0.3) is 10.6 Å². The van der Waals surface area contributed by atoms with Gasteiger partial charge in [0, 0.05) is 5.56 Å². The third-order valence-corrected chi connectivity index (χ3v) is 5.49. The number of ether oxygens (including phenoxy) is 2. The molecule has 0 aliphatic carbocycles. The fraction of sp³-hybridized carbons (Fsp3) is 0.227. The summed E-state index contributed by atoms with van der Waals surface area (Å²) in [5, 5.41) is 3.07. The fourth-order valence-corrected chi connectivity index (χ4v) is 3.71. The molecule has 0 atom stereocenters. The summed E-state index contributed by atoms with van der Waals surface area (Å²) in [6.07, 6.45) is 0.926. The molecular formula is C22H20F2N2O4S. The number of nitrogens with zero attached hydrogens (tertiary/aromatic N) is 1. The molecule has 0 spiro atoms. The molecular weight excluding hydrogens is 426 g/mol. The zero-order valence-corrected chi connectivity index (χ0v) is 17.7. The first-order valence-electron chi connectivity index (χ1n) is 9.45. The van der Waals surface area contributed by atoms with Crippen LogP contribution in [0.15, 0.2) is 48.5 Å². The Hall–Kier alpha value is -3.33. The minimum Gasteiger partial charge on any atom is -0.451 e. The molecule has 1 N–H and O–H groups in total. The highest BCUT2D eigenvalue weighted by Gasteiger charge is 2.19. The summed E-state index contributed by atoms with van der Waals surface area (Å²) in [7, 11) is 0. The van der Waals surface area contributed by atoms with E-state index in [1.54, 1.807) is 13.0 Å². The zero-order valence-electron chi connectivity index (χ0n) is 16.9. The number of hydrogen-bond donors (Lipinski definition) is 1. The standard InChI is InChI=1S/C22H20F2N2O4S/c1-3-14-8-10-15(11-9-14)20-25-13(2)19(31-20)21(28)29-12-18(27)26-16-6-4-5-7-17(16)30-22(23)24/h4-11,22H,3,12H2,1-2H3,(H,26,27). The number of rotatable bonds is 8. The molecule has 1 aromatic heterocycles. The van der Waals surface area contributed by atoms with Gasteiger partial charge in [-0.3, -0.25) is 4.79 Å². The summed E-state index contributed by atoms with van der Waals surface area (Å²) in [5.41, 5.74) is 2.64. The largest absolute Gasteiger partial charge is 0.451 e. The Morgan fingerprint density at radius 2 is 1.84 bits per heavy atom. The van der Waals surface area contributed by atoms with Gasteiger partial charge in [0.25, 0.3) is 5.91 Å². The van der Waals surface area contributed by atoms with Crippen molar-refractivity contribution in [2.45, 2.75) is 26.9 Å². The number of hydrogen-bond acceptors (Lipinski definition) is 6. The fourth-order valence-electron chi connectivity index (χ4n) is 2.74. The van der Waals surface area contributed by atoms with Crippen molar-refractivity contribution in [2.75, 3.05) is 11.9 Å². The van der Waals surface area contributed by atoms with Crippen LogP contribution in [-0.2, 0) is 16.0 Å². The number of amides is 1. The molecule has 31 heavy (non-hydrogen) atoms. The third-order valence-electron chi connectivity index (χ3n) is 4.30. The molecule has 0 radical (unpaired) electrons. The molecule has 0 bridgehead atoms. The summed E-state index contributed by atoms with van der Waals surface area (Å²) in [4.78, 5) is 29.3. The number of carbonyl (C=O) groups excluding carboxylic acids is 2. The lowest BCUT2D eigenvalue weighted by molar-refractivity contribution is -0.119. The summed E-state index contributed by atoms with van der Waals surface area (Å²) in [6, 6.07) is 13.6. The van der Waals surface area contributed by atoms with Crippen LogP contribution in [0.4, 0.5) is 14.5 Å². The zero-order chi connectivity index (χ0) is 22.4. The van der Waals surface area contributed by atoms with E-state index < -0.39 is 25.1 Å². The molecule has 0 unspecified atom stereocenters. The first-order valence-corrected chi connectivity index (χ1v) is 10.3. The van der Waals surface area contributed by atoms with Crippen LogP contribution in [0.3, 0.4) is 0 Å². The van der Waals surface area contributed by atoms with Crippen molar-refractivity contribution in [3.05, 3.63) is 64.7 Å². The van der Waals surface area contributed by atoms with Gasteiger partial charge in [-0.25, -0.2) is 9.78 Å². The second-order valence-corrected chi connectivity index (χ2v) is 7.48. The molecule has 3 aromatic rings.